The van der Waals surface area contributed by atoms with Crippen LogP contribution >= 0.6 is 0 Å². The van der Waals surface area contributed by atoms with Crippen LogP contribution in [0.15, 0.2) is 122 Å². The van der Waals surface area contributed by atoms with Crippen LogP contribution in [0.3, 0.4) is 0 Å². The summed E-state index contributed by atoms with van der Waals surface area (Å²) in [5.41, 5.74) is 9.59. The fraction of sp³-hybridized carbons (Fsp3) is 0.0571. The molecule has 0 aliphatic rings. The fourth-order valence-electron chi connectivity index (χ4n) is 6.06. The van der Waals surface area contributed by atoms with Gasteiger partial charge in [0.15, 0.2) is 0 Å². The molecule has 6 heteroatoms. The summed E-state index contributed by atoms with van der Waals surface area (Å²) in [4.78, 5) is 14.3. The van der Waals surface area contributed by atoms with E-state index in [0.717, 1.165) is 56.3 Å². The van der Waals surface area contributed by atoms with Gasteiger partial charge in [-0.15, -0.1) is 0 Å². The van der Waals surface area contributed by atoms with Crippen LogP contribution in [0.4, 0.5) is 0 Å². The molecule has 0 aliphatic carbocycles. The van der Waals surface area contributed by atoms with E-state index in [0.29, 0.717) is 0 Å². The van der Waals surface area contributed by atoms with E-state index < -0.39 is 0 Å². The second-order valence-electron chi connectivity index (χ2n) is 10.4. The second-order valence-corrected chi connectivity index (χ2v) is 10.4. The van der Waals surface area contributed by atoms with E-state index in [2.05, 4.69) is 111 Å². The maximum Gasteiger partial charge on any atom is 0.141 e. The van der Waals surface area contributed by atoms with Crippen molar-refractivity contribution in [1.29, 1.82) is 0 Å². The highest BCUT2D eigenvalue weighted by Crippen LogP contribution is 2.37. The molecule has 8 aromatic rings. The summed E-state index contributed by atoms with van der Waals surface area (Å²) in [6.07, 6.45) is 5.65. The minimum absolute atomic E-state index is 0.919. The summed E-state index contributed by atoms with van der Waals surface area (Å²) in [7, 11) is 4.11. The molecule has 0 bridgehead atoms. The third-order valence-electron chi connectivity index (χ3n) is 7.95. The molecule has 8 rings (SSSR count). The van der Waals surface area contributed by atoms with Gasteiger partial charge in [-0.25, -0.2) is 9.97 Å². The molecule has 0 unspecified atom stereocenters. The highest BCUT2D eigenvalue weighted by atomic mass is 15.1. The molecule has 4 heterocycles. The molecule has 41 heavy (non-hydrogen) atoms. The predicted octanol–water partition coefficient (Wildman–Crippen LogP) is 7.80. The van der Waals surface area contributed by atoms with E-state index in [4.69, 9.17) is 4.98 Å². The lowest BCUT2D eigenvalue weighted by molar-refractivity contribution is 0.919. The first kappa shape index (κ1) is 23.4. The van der Waals surface area contributed by atoms with Crippen molar-refractivity contribution in [3.8, 4) is 39.7 Å². The number of imidazole rings is 2. The normalized spacial score (nSPS) is 11.7. The maximum atomic E-state index is 5.11. The molecule has 0 atom stereocenters. The van der Waals surface area contributed by atoms with Crippen LogP contribution in [0.5, 0.6) is 0 Å². The summed E-state index contributed by atoms with van der Waals surface area (Å²) in [5.74, 6) is 1.84. The number of fused-ring (bicyclic) bond motifs is 4. The standard InChI is InChI=1S/C35H26N6/c1-39-20-19-37-35(39)28-12-8-14-30-33(28)40(2)34(38-30)24-16-17-27-26-11-3-4-15-31(26)41(32(27)22-24)25-10-7-9-23(21-25)29-13-5-6-18-36-29/h3-22H,1-2H3. The molecule has 0 N–H and O–H groups in total. The average Bonchev–Trinajstić information content (AvgIpc) is 3.70. The first-order chi connectivity index (χ1) is 20.2. The van der Waals surface area contributed by atoms with Crippen LogP contribution in [-0.2, 0) is 14.1 Å². The Morgan fingerprint density at radius 1 is 0.610 bits per heavy atom. The van der Waals surface area contributed by atoms with E-state index >= 15 is 0 Å². The lowest BCUT2D eigenvalue weighted by Gasteiger charge is -2.11. The largest absolute Gasteiger partial charge is 0.334 e. The molecular formula is C35H26N6. The number of hydrogen-bond acceptors (Lipinski definition) is 3. The van der Waals surface area contributed by atoms with Crippen molar-refractivity contribution in [3.63, 3.8) is 0 Å². The quantitative estimate of drug-likeness (QED) is 0.233. The van der Waals surface area contributed by atoms with Gasteiger partial charge in [0, 0.05) is 65.8 Å². The van der Waals surface area contributed by atoms with Crippen LogP contribution < -0.4 is 0 Å². The molecule has 6 nitrogen and oxygen atoms in total. The van der Waals surface area contributed by atoms with Crippen molar-refractivity contribution in [1.82, 2.24) is 28.7 Å². The van der Waals surface area contributed by atoms with Crippen molar-refractivity contribution in [2.75, 3.05) is 0 Å². The Morgan fingerprint density at radius 3 is 2.32 bits per heavy atom. The topological polar surface area (TPSA) is 53.5 Å². The molecular weight excluding hydrogens is 504 g/mol. The van der Waals surface area contributed by atoms with E-state index in [9.17, 15) is 0 Å². The number of pyridine rings is 1. The number of hydrogen-bond donors (Lipinski definition) is 0. The van der Waals surface area contributed by atoms with Gasteiger partial charge in [-0.1, -0.05) is 54.6 Å². The predicted molar refractivity (Wildman–Crippen MR) is 166 cm³/mol. The lowest BCUT2D eigenvalue weighted by Crippen LogP contribution is -1.98. The zero-order valence-electron chi connectivity index (χ0n) is 22.7. The van der Waals surface area contributed by atoms with E-state index in [1.807, 2.05) is 48.4 Å². The van der Waals surface area contributed by atoms with Crippen molar-refractivity contribution in [3.05, 3.63) is 122 Å². The third kappa shape index (κ3) is 3.61. The Hall–Kier alpha value is -5.49. The Kier molecular flexibility index (Phi) is 5.15. The Labute approximate surface area is 236 Å². The third-order valence-corrected chi connectivity index (χ3v) is 7.95. The first-order valence-electron chi connectivity index (χ1n) is 13.7. The van der Waals surface area contributed by atoms with Crippen LogP contribution in [-0.4, -0.2) is 28.7 Å². The summed E-state index contributed by atoms with van der Waals surface area (Å²) in [6.45, 7) is 0. The minimum Gasteiger partial charge on any atom is -0.334 e. The monoisotopic (exact) mass is 530 g/mol. The van der Waals surface area contributed by atoms with Gasteiger partial charge >= 0.3 is 0 Å². The number of rotatable bonds is 4. The zero-order chi connectivity index (χ0) is 27.5. The zero-order valence-corrected chi connectivity index (χ0v) is 22.7. The van der Waals surface area contributed by atoms with Gasteiger partial charge in [0.2, 0.25) is 0 Å². The van der Waals surface area contributed by atoms with Crippen LogP contribution in [0.1, 0.15) is 0 Å². The van der Waals surface area contributed by atoms with Crippen molar-refractivity contribution in [2.24, 2.45) is 14.1 Å². The van der Waals surface area contributed by atoms with Crippen molar-refractivity contribution >= 4 is 32.8 Å². The van der Waals surface area contributed by atoms with Gasteiger partial charge in [-0.3, -0.25) is 4.98 Å². The molecule has 0 saturated heterocycles. The molecule has 0 spiro atoms. The van der Waals surface area contributed by atoms with Gasteiger partial charge in [-0.05, 0) is 48.5 Å². The minimum atomic E-state index is 0.919. The van der Waals surface area contributed by atoms with Gasteiger partial charge in [0.1, 0.15) is 11.6 Å². The van der Waals surface area contributed by atoms with Gasteiger partial charge < -0.3 is 13.7 Å². The maximum absolute atomic E-state index is 5.11. The average molecular weight is 531 g/mol. The molecule has 0 saturated carbocycles. The number of aryl methyl sites for hydroxylation is 2. The highest BCUT2D eigenvalue weighted by Gasteiger charge is 2.19. The molecule has 196 valence electrons. The van der Waals surface area contributed by atoms with Crippen LogP contribution in [0.25, 0.3) is 72.6 Å². The van der Waals surface area contributed by atoms with E-state index in [1.54, 1.807) is 0 Å². The van der Waals surface area contributed by atoms with Crippen molar-refractivity contribution < 1.29 is 0 Å². The lowest BCUT2D eigenvalue weighted by atomic mass is 10.1. The fourth-order valence-corrected chi connectivity index (χ4v) is 6.06. The number of nitrogens with zero attached hydrogens (tertiary/aromatic N) is 6. The smallest absolute Gasteiger partial charge is 0.141 e. The summed E-state index contributed by atoms with van der Waals surface area (Å²) < 4.78 is 6.59. The Balaban J connectivity index is 1.36. The molecule has 4 aromatic heterocycles. The molecule has 0 fully saturated rings. The van der Waals surface area contributed by atoms with Gasteiger partial charge in [0.05, 0.1) is 27.8 Å². The van der Waals surface area contributed by atoms with Crippen molar-refractivity contribution in [2.45, 2.75) is 0 Å². The number of aromatic nitrogens is 6. The summed E-state index contributed by atoms with van der Waals surface area (Å²) >= 11 is 0. The van der Waals surface area contributed by atoms with Gasteiger partial charge in [0.25, 0.3) is 0 Å². The molecule has 0 radical (unpaired) electrons. The molecule has 0 aliphatic heterocycles. The number of benzene rings is 4. The van der Waals surface area contributed by atoms with Crippen LogP contribution in [0.2, 0.25) is 0 Å². The Bertz CT molecular complexity index is 2230. The first-order valence-corrected chi connectivity index (χ1v) is 13.7. The SMILES string of the molecule is Cn1ccnc1-c1cccc2nc(-c3ccc4c5ccccc5n(-c5cccc(-c6ccccn6)c5)c4c3)n(C)c12. The highest BCUT2D eigenvalue weighted by molar-refractivity contribution is 6.10. The van der Waals surface area contributed by atoms with Gasteiger partial charge in [-0.2, -0.15) is 0 Å². The molecule has 4 aromatic carbocycles. The summed E-state index contributed by atoms with van der Waals surface area (Å²) in [6, 6.07) is 36.2. The number of para-hydroxylation sites is 2. The van der Waals surface area contributed by atoms with E-state index in [1.165, 1.54) is 16.3 Å². The van der Waals surface area contributed by atoms with E-state index in [-0.39, 0.29) is 0 Å². The second kappa shape index (κ2) is 9.03. The molecule has 0 amide bonds. The van der Waals surface area contributed by atoms with Crippen LogP contribution in [0, 0.1) is 0 Å². The summed E-state index contributed by atoms with van der Waals surface area (Å²) in [5, 5.41) is 2.43. The Morgan fingerprint density at radius 2 is 1.46 bits per heavy atom.